The van der Waals surface area contributed by atoms with Crippen molar-refractivity contribution in [2.75, 3.05) is 12.0 Å². The van der Waals surface area contributed by atoms with Gasteiger partial charge in [-0.3, -0.25) is 9.69 Å². The van der Waals surface area contributed by atoms with Crippen molar-refractivity contribution in [3.63, 3.8) is 0 Å². The first-order chi connectivity index (χ1) is 11.1. The molecule has 3 rings (SSSR count). The highest BCUT2D eigenvalue weighted by atomic mass is 32.2. The molecule has 0 N–H and O–H groups in total. The highest BCUT2D eigenvalue weighted by Crippen LogP contribution is 2.45. The van der Waals surface area contributed by atoms with Crippen LogP contribution in [0.5, 0.6) is 0 Å². The molecule has 118 valence electrons. The Balaban J connectivity index is 1.95. The van der Waals surface area contributed by atoms with Crippen LogP contribution in [0.15, 0.2) is 54.6 Å². The van der Waals surface area contributed by atoms with E-state index < -0.39 is 0 Å². The fourth-order valence-corrected chi connectivity index (χ4v) is 3.89. The van der Waals surface area contributed by atoms with Crippen molar-refractivity contribution in [2.24, 2.45) is 0 Å². The SMILES string of the molecule is COC(=O)c1ccc(N2C(=O)C(C)SC2c2ccccc2)cc1. The summed E-state index contributed by atoms with van der Waals surface area (Å²) >= 11 is 1.63. The van der Waals surface area contributed by atoms with Gasteiger partial charge in [0, 0.05) is 5.69 Å². The Morgan fingerprint density at radius 2 is 1.74 bits per heavy atom. The number of carbonyl (C=O) groups excluding carboxylic acids is 2. The summed E-state index contributed by atoms with van der Waals surface area (Å²) in [7, 11) is 1.35. The first kappa shape index (κ1) is 15.6. The standard InChI is InChI=1S/C18H17NO3S/c1-12-16(20)19(17(23-12)13-6-4-3-5-7-13)15-10-8-14(9-11-15)18(21)22-2/h3-12,17H,1-2H3. The lowest BCUT2D eigenvalue weighted by molar-refractivity contribution is -0.117. The van der Waals surface area contributed by atoms with Crippen LogP contribution < -0.4 is 4.90 Å². The van der Waals surface area contributed by atoms with Gasteiger partial charge >= 0.3 is 5.97 Å². The quantitative estimate of drug-likeness (QED) is 0.808. The van der Waals surface area contributed by atoms with Crippen molar-refractivity contribution >= 4 is 29.3 Å². The molecule has 1 saturated heterocycles. The number of amides is 1. The summed E-state index contributed by atoms with van der Waals surface area (Å²) in [6, 6.07) is 16.9. The molecule has 0 aromatic heterocycles. The number of esters is 1. The predicted octanol–water partition coefficient (Wildman–Crippen LogP) is 3.64. The average molecular weight is 327 g/mol. The van der Waals surface area contributed by atoms with Gasteiger partial charge in [-0.05, 0) is 36.8 Å². The molecule has 1 aliphatic heterocycles. The van der Waals surface area contributed by atoms with E-state index in [1.807, 2.05) is 37.3 Å². The number of hydrogen-bond donors (Lipinski definition) is 0. The number of thioether (sulfide) groups is 1. The van der Waals surface area contributed by atoms with E-state index in [9.17, 15) is 9.59 Å². The lowest BCUT2D eigenvalue weighted by Crippen LogP contribution is -2.30. The summed E-state index contributed by atoms with van der Waals surface area (Å²) in [6.07, 6.45) is 0. The van der Waals surface area contributed by atoms with Gasteiger partial charge < -0.3 is 4.74 Å². The van der Waals surface area contributed by atoms with Crippen LogP contribution in [0.4, 0.5) is 5.69 Å². The lowest BCUT2D eigenvalue weighted by Gasteiger charge is -2.24. The molecule has 5 heteroatoms. The van der Waals surface area contributed by atoms with E-state index in [1.165, 1.54) is 7.11 Å². The van der Waals surface area contributed by atoms with Crippen LogP contribution in [0.25, 0.3) is 0 Å². The van der Waals surface area contributed by atoms with E-state index in [4.69, 9.17) is 4.74 Å². The predicted molar refractivity (Wildman–Crippen MR) is 91.5 cm³/mol. The van der Waals surface area contributed by atoms with Gasteiger partial charge in [-0.15, -0.1) is 11.8 Å². The number of benzene rings is 2. The van der Waals surface area contributed by atoms with Crippen LogP contribution in [-0.2, 0) is 9.53 Å². The second-order valence-corrected chi connectivity index (χ2v) is 6.71. The Bertz CT molecular complexity index is 715. The van der Waals surface area contributed by atoms with Crippen LogP contribution in [0, 0.1) is 0 Å². The molecule has 0 radical (unpaired) electrons. The van der Waals surface area contributed by atoms with Gasteiger partial charge in [0.25, 0.3) is 0 Å². The summed E-state index contributed by atoms with van der Waals surface area (Å²) in [5, 5.41) is -0.150. The lowest BCUT2D eigenvalue weighted by atomic mass is 10.1. The maximum atomic E-state index is 12.6. The van der Waals surface area contributed by atoms with Gasteiger partial charge in [0.05, 0.1) is 17.9 Å². The summed E-state index contributed by atoms with van der Waals surface area (Å²) in [5.41, 5.74) is 2.35. The molecule has 1 heterocycles. The maximum absolute atomic E-state index is 12.6. The number of hydrogen-bond acceptors (Lipinski definition) is 4. The number of carbonyl (C=O) groups is 2. The summed E-state index contributed by atoms with van der Waals surface area (Å²) in [6.45, 7) is 1.92. The highest BCUT2D eigenvalue weighted by Gasteiger charge is 2.39. The van der Waals surface area contributed by atoms with E-state index in [0.29, 0.717) is 5.56 Å². The van der Waals surface area contributed by atoms with Crippen molar-refractivity contribution < 1.29 is 14.3 Å². The molecule has 1 amide bonds. The number of anilines is 1. The summed E-state index contributed by atoms with van der Waals surface area (Å²) < 4.78 is 4.71. The largest absolute Gasteiger partial charge is 0.465 e. The molecule has 0 aliphatic carbocycles. The van der Waals surface area contributed by atoms with Crippen LogP contribution in [0.2, 0.25) is 0 Å². The first-order valence-corrected chi connectivity index (χ1v) is 8.28. The topological polar surface area (TPSA) is 46.6 Å². The molecule has 0 saturated carbocycles. The van der Waals surface area contributed by atoms with E-state index in [1.54, 1.807) is 40.9 Å². The van der Waals surface area contributed by atoms with Gasteiger partial charge in [0.2, 0.25) is 5.91 Å². The second kappa shape index (κ2) is 6.46. The molecule has 2 aromatic carbocycles. The molecule has 4 nitrogen and oxygen atoms in total. The minimum Gasteiger partial charge on any atom is -0.465 e. The Morgan fingerprint density at radius 3 is 2.35 bits per heavy atom. The zero-order valence-corrected chi connectivity index (χ0v) is 13.7. The van der Waals surface area contributed by atoms with Crippen LogP contribution in [-0.4, -0.2) is 24.2 Å². The Morgan fingerprint density at radius 1 is 1.09 bits per heavy atom. The number of rotatable bonds is 3. The van der Waals surface area contributed by atoms with E-state index in [2.05, 4.69) is 0 Å². The van der Waals surface area contributed by atoms with E-state index in [-0.39, 0.29) is 22.5 Å². The monoisotopic (exact) mass is 327 g/mol. The third kappa shape index (κ3) is 2.97. The number of nitrogens with zero attached hydrogens (tertiary/aromatic N) is 1. The Labute approximate surface area is 139 Å². The van der Waals surface area contributed by atoms with Crippen molar-refractivity contribution in [3.8, 4) is 0 Å². The molecule has 2 atom stereocenters. The fraction of sp³-hybridized carbons (Fsp3) is 0.222. The Kier molecular flexibility index (Phi) is 4.39. The van der Waals surface area contributed by atoms with Crippen molar-refractivity contribution in [1.29, 1.82) is 0 Å². The second-order valence-electron chi connectivity index (χ2n) is 5.29. The third-order valence-corrected chi connectivity index (χ3v) is 5.15. The normalized spacial score (nSPS) is 20.6. The van der Waals surface area contributed by atoms with Gasteiger partial charge in [-0.2, -0.15) is 0 Å². The molecule has 0 spiro atoms. The molecule has 23 heavy (non-hydrogen) atoms. The fourth-order valence-electron chi connectivity index (χ4n) is 2.61. The van der Waals surface area contributed by atoms with Crippen molar-refractivity contribution in [1.82, 2.24) is 0 Å². The third-order valence-electron chi connectivity index (χ3n) is 3.80. The minimum atomic E-state index is -0.383. The Hall–Kier alpha value is -2.27. The zero-order chi connectivity index (χ0) is 16.4. The maximum Gasteiger partial charge on any atom is 0.337 e. The minimum absolute atomic E-state index is 0.0531. The van der Waals surface area contributed by atoms with Crippen molar-refractivity contribution in [2.45, 2.75) is 17.5 Å². The van der Waals surface area contributed by atoms with E-state index in [0.717, 1.165) is 11.3 Å². The van der Waals surface area contributed by atoms with E-state index >= 15 is 0 Å². The molecule has 0 bridgehead atoms. The van der Waals surface area contributed by atoms with Crippen LogP contribution in [0.1, 0.15) is 28.2 Å². The average Bonchev–Trinajstić information content (AvgIpc) is 2.90. The van der Waals surface area contributed by atoms with Gasteiger partial charge in [-0.25, -0.2) is 4.79 Å². The molecule has 2 unspecified atom stereocenters. The molecular weight excluding hydrogens is 310 g/mol. The zero-order valence-electron chi connectivity index (χ0n) is 12.9. The van der Waals surface area contributed by atoms with Gasteiger partial charge in [0.1, 0.15) is 5.37 Å². The number of ether oxygens (including phenoxy) is 1. The van der Waals surface area contributed by atoms with Crippen LogP contribution >= 0.6 is 11.8 Å². The van der Waals surface area contributed by atoms with Crippen LogP contribution in [0.3, 0.4) is 0 Å². The molecular formula is C18H17NO3S. The summed E-state index contributed by atoms with van der Waals surface area (Å²) in [4.78, 5) is 25.9. The van der Waals surface area contributed by atoms with Gasteiger partial charge in [-0.1, -0.05) is 30.3 Å². The van der Waals surface area contributed by atoms with Crippen molar-refractivity contribution in [3.05, 3.63) is 65.7 Å². The number of methoxy groups -OCH3 is 1. The molecule has 1 fully saturated rings. The van der Waals surface area contributed by atoms with Gasteiger partial charge in [0.15, 0.2) is 0 Å². The molecule has 2 aromatic rings. The smallest absolute Gasteiger partial charge is 0.337 e. The first-order valence-electron chi connectivity index (χ1n) is 7.33. The molecule has 1 aliphatic rings. The summed E-state index contributed by atoms with van der Waals surface area (Å²) in [5.74, 6) is -0.304. The highest BCUT2D eigenvalue weighted by molar-refractivity contribution is 8.01.